The van der Waals surface area contributed by atoms with Gasteiger partial charge >= 0.3 is 0 Å². The van der Waals surface area contributed by atoms with Gasteiger partial charge in [-0.15, -0.1) is 0 Å². The first-order valence-corrected chi connectivity index (χ1v) is 8.91. The zero-order chi connectivity index (χ0) is 18.1. The lowest BCUT2D eigenvalue weighted by Gasteiger charge is -2.11. The van der Waals surface area contributed by atoms with Gasteiger partial charge in [0.05, 0.1) is 0 Å². The molecule has 0 saturated carbocycles. The SMILES string of the molecule is O=C(NCCCO)C(=Cc1ccccc1)NC(=O)c1ccc(I)cc1. The molecule has 25 heavy (non-hydrogen) atoms. The number of aliphatic hydroxyl groups is 1. The van der Waals surface area contributed by atoms with Crippen LogP contribution >= 0.6 is 22.6 Å². The van der Waals surface area contributed by atoms with Gasteiger partial charge in [-0.3, -0.25) is 9.59 Å². The molecule has 0 aromatic heterocycles. The topological polar surface area (TPSA) is 78.4 Å². The molecular weight excluding hydrogens is 431 g/mol. The van der Waals surface area contributed by atoms with E-state index >= 15 is 0 Å². The van der Waals surface area contributed by atoms with Crippen LogP contribution in [0.25, 0.3) is 6.08 Å². The summed E-state index contributed by atoms with van der Waals surface area (Å²) in [6.07, 6.45) is 2.08. The van der Waals surface area contributed by atoms with Crippen LogP contribution in [0.5, 0.6) is 0 Å². The number of aliphatic hydroxyl groups excluding tert-OH is 1. The van der Waals surface area contributed by atoms with Gasteiger partial charge in [0.25, 0.3) is 11.8 Å². The number of carbonyl (C=O) groups is 2. The minimum absolute atomic E-state index is 0.00692. The van der Waals surface area contributed by atoms with Crippen LogP contribution in [0.2, 0.25) is 0 Å². The summed E-state index contributed by atoms with van der Waals surface area (Å²) in [6, 6.07) is 16.4. The van der Waals surface area contributed by atoms with Crippen molar-refractivity contribution in [2.45, 2.75) is 6.42 Å². The molecule has 3 N–H and O–H groups in total. The molecule has 0 aliphatic rings. The third-order valence-electron chi connectivity index (χ3n) is 3.33. The minimum atomic E-state index is -0.392. The zero-order valence-electron chi connectivity index (χ0n) is 13.5. The number of benzene rings is 2. The Balaban J connectivity index is 2.18. The molecule has 0 fully saturated rings. The fourth-order valence-corrected chi connectivity index (χ4v) is 2.41. The second-order valence-corrected chi connectivity index (χ2v) is 6.51. The van der Waals surface area contributed by atoms with Crippen LogP contribution in [0.15, 0.2) is 60.3 Å². The van der Waals surface area contributed by atoms with Gasteiger partial charge in [0, 0.05) is 22.3 Å². The largest absolute Gasteiger partial charge is 0.396 e. The Labute approximate surface area is 160 Å². The molecule has 130 valence electrons. The van der Waals surface area contributed by atoms with Crippen LogP contribution < -0.4 is 10.6 Å². The highest BCUT2D eigenvalue weighted by atomic mass is 127. The standard InChI is InChI=1S/C19H19IN2O3/c20-16-9-7-15(8-10-16)18(24)22-17(19(25)21-11-4-12-23)13-14-5-2-1-3-6-14/h1-3,5-10,13,23H,4,11-12H2,(H,21,25)(H,22,24). The van der Waals surface area contributed by atoms with Crippen molar-refractivity contribution in [3.05, 3.63) is 75.0 Å². The molecule has 0 aliphatic heterocycles. The van der Waals surface area contributed by atoms with E-state index in [9.17, 15) is 9.59 Å². The number of halogens is 1. The molecule has 0 aliphatic carbocycles. The number of nitrogens with one attached hydrogen (secondary N) is 2. The number of hydrogen-bond donors (Lipinski definition) is 3. The van der Waals surface area contributed by atoms with Crippen LogP contribution in [0, 0.1) is 3.57 Å². The maximum Gasteiger partial charge on any atom is 0.267 e. The van der Waals surface area contributed by atoms with Crippen LogP contribution in [-0.2, 0) is 4.79 Å². The summed E-state index contributed by atoms with van der Waals surface area (Å²) < 4.78 is 1.02. The van der Waals surface area contributed by atoms with E-state index in [1.165, 1.54) is 0 Å². The molecule has 2 amide bonds. The van der Waals surface area contributed by atoms with Crippen molar-refractivity contribution in [2.24, 2.45) is 0 Å². The van der Waals surface area contributed by atoms with Crippen molar-refractivity contribution < 1.29 is 14.7 Å². The van der Waals surface area contributed by atoms with Gasteiger partial charge in [-0.25, -0.2) is 0 Å². The Morgan fingerprint density at radius 3 is 2.36 bits per heavy atom. The highest BCUT2D eigenvalue weighted by Gasteiger charge is 2.14. The third kappa shape index (κ3) is 6.32. The van der Waals surface area contributed by atoms with Crippen LogP contribution in [0.3, 0.4) is 0 Å². The van der Waals surface area contributed by atoms with Crippen molar-refractivity contribution in [1.82, 2.24) is 10.6 Å². The lowest BCUT2D eigenvalue weighted by atomic mass is 10.1. The van der Waals surface area contributed by atoms with Crippen molar-refractivity contribution in [1.29, 1.82) is 0 Å². The maximum absolute atomic E-state index is 12.4. The minimum Gasteiger partial charge on any atom is -0.396 e. The van der Waals surface area contributed by atoms with Gasteiger partial charge in [-0.1, -0.05) is 30.3 Å². The normalized spacial score (nSPS) is 11.0. The van der Waals surface area contributed by atoms with Crippen LogP contribution in [0.4, 0.5) is 0 Å². The summed E-state index contributed by atoms with van der Waals surface area (Å²) >= 11 is 2.16. The average Bonchev–Trinajstić information content (AvgIpc) is 2.62. The highest BCUT2D eigenvalue weighted by molar-refractivity contribution is 14.1. The number of hydrogen-bond acceptors (Lipinski definition) is 3. The van der Waals surface area contributed by atoms with Crippen molar-refractivity contribution in [2.75, 3.05) is 13.2 Å². The predicted octanol–water partition coefficient (Wildman–Crippen LogP) is 2.56. The fraction of sp³-hybridized carbons (Fsp3) is 0.158. The summed E-state index contributed by atoms with van der Waals surface area (Å²) in [4.78, 5) is 24.8. The first-order chi connectivity index (χ1) is 12.1. The Hall–Kier alpha value is -2.19. The van der Waals surface area contributed by atoms with Crippen LogP contribution in [0.1, 0.15) is 22.3 Å². The van der Waals surface area contributed by atoms with Gasteiger partial charge in [0.2, 0.25) is 0 Å². The lowest BCUT2D eigenvalue weighted by Crippen LogP contribution is -2.35. The zero-order valence-corrected chi connectivity index (χ0v) is 15.7. The average molecular weight is 450 g/mol. The quantitative estimate of drug-likeness (QED) is 0.345. The van der Waals surface area contributed by atoms with E-state index in [-0.39, 0.29) is 18.2 Å². The summed E-state index contributed by atoms with van der Waals surface area (Å²) in [7, 11) is 0. The summed E-state index contributed by atoms with van der Waals surface area (Å²) in [5.41, 5.74) is 1.44. The molecule has 2 aromatic carbocycles. The summed E-state index contributed by atoms with van der Waals surface area (Å²) in [6.45, 7) is 0.327. The van der Waals surface area contributed by atoms with Crippen molar-refractivity contribution in [3.63, 3.8) is 0 Å². The Morgan fingerprint density at radius 2 is 1.72 bits per heavy atom. The van der Waals surface area contributed by atoms with Gasteiger partial charge in [0.15, 0.2) is 0 Å². The molecule has 0 atom stereocenters. The van der Waals surface area contributed by atoms with E-state index in [4.69, 9.17) is 5.11 Å². The molecule has 0 bridgehead atoms. The molecule has 2 rings (SSSR count). The summed E-state index contributed by atoms with van der Waals surface area (Å²) in [5.74, 6) is -0.743. The predicted molar refractivity (Wildman–Crippen MR) is 106 cm³/mol. The first-order valence-electron chi connectivity index (χ1n) is 7.83. The number of rotatable bonds is 7. The van der Waals surface area contributed by atoms with Gasteiger partial charge in [-0.05, 0) is 64.9 Å². The second kappa shape index (κ2) is 9.95. The molecule has 0 spiro atoms. The monoisotopic (exact) mass is 450 g/mol. The lowest BCUT2D eigenvalue weighted by molar-refractivity contribution is -0.117. The molecule has 6 heteroatoms. The van der Waals surface area contributed by atoms with Gasteiger partial charge in [-0.2, -0.15) is 0 Å². The molecule has 0 unspecified atom stereocenters. The summed E-state index contributed by atoms with van der Waals surface area (Å²) in [5, 5.41) is 14.2. The van der Waals surface area contributed by atoms with Crippen molar-refractivity contribution >= 4 is 40.5 Å². The van der Waals surface area contributed by atoms with E-state index in [0.717, 1.165) is 9.13 Å². The van der Waals surface area contributed by atoms with Gasteiger partial charge < -0.3 is 15.7 Å². The smallest absolute Gasteiger partial charge is 0.267 e. The van der Waals surface area contributed by atoms with Crippen LogP contribution in [-0.4, -0.2) is 30.1 Å². The number of carbonyl (C=O) groups excluding carboxylic acids is 2. The first kappa shape index (κ1) is 19.1. The third-order valence-corrected chi connectivity index (χ3v) is 4.05. The van der Waals surface area contributed by atoms with E-state index in [0.29, 0.717) is 18.5 Å². The van der Waals surface area contributed by atoms with E-state index < -0.39 is 5.91 Å². The van der Waals surface area contributed by atoms with Gasteiger partial charge in [0.1, 0.15) is 5.70 Å². The highest BCUT2D eigenvalue weighted by Crippen LogP contribution is 2.09. The Morgan fingerprint density at radius 1 is 1.04 bits per heavy atom. The molecule has 0 heterocycles. The molecule has 5 nitrogen and oxygen atoms in total. The maximum atomic E-state index is 12.4. The van der Waals surface area contributed by atoms with Crippen molar-refractivity contribution in [3.8, 4) is 0 Å². The van der Waals surface area contributed by atoms with E-state index in [2.05, 4.69) is 33.2 Å². The molecule has 0 radical (unpaired) electrons. The number of amides is 2. The molecule has 2 aromatic rings. The Bertz CT molecular complexity index is 743. The fourth-order valence-electron chi connectivity index (χ4n) is 2.05. The van der Waals surface area contributed by atoms with E-state index in [1.807, 2.05) is 42.5 Å². The molecular formula is C19H19IN2O3. The molecule has 0 saturated heterocycles. The van der Waals surface area contributed by atoms with E-state index in [1.54, 1.807) is 18.2 Å². The Kier molecular flexibility index (Phi) is 7.62. The second-order valence-electron chi connectivity index (χ2n) is 5.26.